The van der Waals surface area contributed by atoms with Gasteiger partial charge in [-0.25, -0.2) is 0 Å². The Morgan fingerprint density at radius 2 is 1.88 bits per heavy atom. The van der Waals surface area contributed by atoms with Crippen LogP contribution in [0.15, 0.2) is 30.3 Å². The number of benzene rings is 1. The van der Waals surface area contributed by atoms with Gasteiger partial charge < -0.3 is 10.5 Å². The fourth-order valence-corrected chi connectivity index (χ4v) is 1.92. The highest BCUT2D eigenvalue weighted by atomic mass is 16.5. The summed E-state index contributed by atoms with van der Waals surface area (Å²) in [6, 6.07) is 10.6. The summed E-state index contributed by atoms with van der Waals surface area (Å²) in [5, 5.41) is 0. The summed E-state index contributed by atoms with van der Waals surface area (Å²) in [5.74, 6) is 0. The van der Waals surface area contributed by atoms with E-state index in [-0.39, 0.29) is 12.1 Å². The molecule has 0 bridgehead atoms. The fourth-order valence-electron chi connectivity index (χ4n) is 1.92. The standard InChI is InChI=1S/C14H23NO/c1-3-14(16-4-2)13(15)11-10-12-8-6-5-7-9-12/h5-9,13-14H,3-4,10-11,15H2,1-2H3. The number of aryl methyl sites for hydroxylation is 1. The summed E-state index contributed by atoms with van der Waals surface area (Å²) < 4.78 is 5.62. The summed E-state index contributed by atoms with van der Waals surface area (Å²) in [6.07, 6.45) is 3.21. The molecular weight excluding hydrogens is 198 g/mol. The predicted octanol–water partition coefficient (Wildman–Crippen LogP) is 2.76. The fraction of sp³-hybridized carbons (Fsp3) is 0.571. The monoisotopic (exact) mass is 221 g/mol. The van der Waals surface area contributed by atoms with E-state index in [1.54, 1.807) is 0 Å². The van der Waals surface area contributed by atoms with Gasteiger partial charge in [0, 0.05) is 12.6 Å². The Bertz CT molecular complexity index is 273. The first-order valence-electron chi connectivity index (χ1n) is 6.19. The van der Waals surface area contributed by atoms with E-state index in [2.05, 4.69) is 31.2 Å². The van der Waals surface area contributed by atoms with Crippen molar-refractivity contribution in [2.75, 3.05) is 6.61 Å². The molecule has 0 saturated heterocycles. The minimum atomic E-state index is 0.144. The van der Waals surface area contributed by atoms with Crippen LogP contribution in [0.2, 0.25) is 0 Å². The maximum Gasteiger partial charge on any atom is 0.0723 e. The van der Waals surface area contributed by atoms with Crippen molar-refractivity contribution in [3.63, 3.8) is 0 Å². The summed E-state index contributed by atoms with van der Waals surface area (Å²) in [7, 11) is 0. The van der Waals surface area contributed by atoms with Gasteiger partial charge in [0.05, 0.1) is 6.10 Å². The van der Waals surface area contributed by atoms with Gasteiger partial charge in [-0.3, -0.25) is 0 Å². The molecule has 1 aromatic carbocycles. The molecule has 2 nitrogen and oxygen atoms in total. The largest absolute Gasteiger partial charge is 0.377 e. The Kier molecular flexibility index (Phi) is 6.12. The number of ether oxygens (including phenoxy) is 1. The van der Waals surface area contributed by atoms with Crippen molar-refractivity contribution in [1.82, 2.24) is 0 Å². The van der Waals surface area contributed by atoms with Crippen LogP contribution in [0.25, 0.3) is 0 Å². The maximum atomic E-state index is 6.14. The van der Waals surface area contributed by atoms with Crippen molar-refractivity contribution >= 4 is 0 Å². The normalized spacial score (nSPS) is 14.7. The molecule has 0 heterocycles. The van der Waals surface area contributed by atoms with Crippen LogP contribution < -0.4 is 5.73 Å². The molecule has 0 aromatic heterocycles. The lowest BCUT2D eigenvalue weighted by molar-refractivity contribution is 0.0398. The molecule has 2 unspecified atom stereocenters. The zero-order valence-electron chi connectivity index (χ0n) is 10.4. The highest BCUT2D eigenvalue weighted by Gasteiger charge is 2.15. The van der Waals surface area contributed by atoms with Crippen LogP contribution in [0.1, 0.15) is 32.3 Å². The smallest absolute Gasteiger partial charge is 0.0723 e. The van der Waals surface area contributed by atoms with E-state index in [9.17, 15) is 0 Å². The first kappa shape index (κ1) is 13.2. The number of hydrogen-bond donors (Lipinski definition) is 1. The van der Waals surface area contributed by atoms with Crippen molar-refractivity contribution in [1.29, 1.82) is 0 Å². The molecule has 2 N–H and O–H groups in total. The summed E-state index contributed by atoms with van der Waals surface area (Å²) in [4.78, 5) is 0. The SMILES string of the molecule is CCOC(CC)C(N)CCc1ccccc1. The van der Waals surface area contributed by atoms with Gasteiger partial charge in [0.1, 0.15) is 0 Å². The van der Waals surface area contributed by atoms with Gasteiger partial charge in [0.2, 0.25) is 0 Å². The minimum absolute atomic E-state index is 0.144. The van der Waals surface area contributed by atoms with Crippen LogP contribution in [0.5, 0.6) is 0 Å². The Hall–Kier alpha value is -0.860. The zero-order chi connectivity index (χ0) is 11.8. The summed E-state index contributed by atoms with van der Waals surface area (Å²) in [5.41, 5.74) is 7.49. The summed E-state index contributed by atoms with van der Waals surface area (Å²) in [6.45, 7) is 4.90. The number of nitrogens with two attached hydrogens (primary N) is 1. The van der Waals surface area contributed by atoms with Crippen LogP contribution in [0.4, 0.5) is 0 Å². The molecule has 0 aliphatic rings. The van der Waals surface area contributed by atoms with Crippen LogP contribution in [-0.2, 0) is 11.2 Å². The lowest BCUT2D eigenvalue weighted by Crippen LogP contribution is -2.36. The van der Waals surface area contributed by atoms with E-state index in [0.717, 1.165) is 25.9 Å². The molecular formula is C14H23NO. The van der Waals surface area contributed by atoms with Crippen LogP contribution >= 0.6 is 0 Å². The highest BCUT2D eigenvalue weighted by Crippen LogP contribution is 2.10. The Labute approximate surface area is 98.8 Å². The van der Waals surface area contributed by atoms with Crippen LogP contribution in [0.3, 0.4) is 0 Å². The van der Waals surface area contributed by atoms with Crippen molar-refractivity contribution in [2.24, 2.45) is 5.73 Å². The van der Waals surface area contributed by atoms with Crippen LogP contribution in [0, 0.1) is 0 Å². The van der Waals surface area contributed by atoms with Crippen molar-refractivity contribution in [2.45, 2.75) is 45.3 Å². The zero-order valence-corrected chi connectivity index (χ0v) is 10.4. The second-order valence-electron chi connectivity index (χ2n) is 4.09. The summed E-state index contributed by atoms with van der Waals surface area (Å²) >= 11 is 0. The van der Waals surface area contributed by atoms with Crippen molar-refractivity contribution < 1.29 is 4.74 Å². The predicted molar refractivity (Wildman–Crippen MR) is 68.4 cm³/mol. The maximum absolute atomic E-state index is 6.14. The third kappa shape index (κ3) is 4.33. The molecule has 16 heavy (non-hydrogen) atoms. The quantitative estimate of drug-likeness (QED) is 0.768. The molecule has 0 fully saturated rings. The first-order valence-corrected chi connectivity index (χ1v) is 6.19. The van der Waals surface area contributed by atoms with E-state index < -0.39 is 0 Å². The molecule has 0 radical (unpaired) electrons. The third-order valence-corrected chi connectivity index (χ3v) is 2.87. The van der Waals surface area contributed by atoms with Gasteiger partial charge in [-0.05, 0) is 31.7 Å². The van der Waals surface area contributed by atoms with Gasteiger partial charge in [-0.1, -0.05) is 37.3 Å². The van der Waals surface area contributed by atoms with Crippen molar-refractivity contribution in [3.05, 3.63) is 35.9 Å². The highest BCUT2D eigenvalue weighted by molar-refractivity contribution is 5.14. The Balaban J connectivity index is 2.36. The first-order chi connectivity index (χ1) is 7.77. The average Bonchev–Trinajstić information content (AvgIpc) is 2.34. The van der Waals surface area contributed by atoms with Gasteiger partial charge in [-0.2, -0.15) is 0 Å². The second-order valence-corrected chi connectivity index (χ2v) is 4.09. The number of hydrogen-bond acceptors (Lipinski definition) is 2. The van der Waals surface area contributed by atoms with Gasteiger partial charge in [0.25, 0.3) is 0 Å². The molecule has 0 saturated carbocycles. The molecule has 1 aromatic rings. The lowest BCUT2D eigenvalue weighted by atomic mass is 10.0. The molecule has 90 valence electrons. The second kappa shape index (κ2) is 7.42. The van der Waals surface area contributed by atoms with E-state index in [4.69, 9.17) is 10.5 Å². The molecule has 1 rings (SSSR count). The van der Waals surface area contributed by atoms with E-state index in [0.29, 0.717) is 0 Å². The molecule has 2 heteroatoms. The van der Waals surface area contributed by atoms with Crippen molar-refractivity contribution in [3.8, 4) is 0 Å². The molecule has 0 amide bonds. The third-order valence-electron chi connectivity index (χ3n) is 2.87. The van der Waals surface area contributed by atoms with Gasteiger partial charge >= 0.3 is 0 Å². The molecule has 0 aliphatic heterocycles. The Morgan fingerprint density at radius 1 is 1.19 bits per heavy atom. The van der Waals surface area contributed by atoms with Crippen LogP contribution in [-0.4, -0.2) is 18.8 Å². The minimum Gasteiger partial charge on any atom is -0.377 e. The molecule has 0 aliphatic carbocycles. The number of rotatable bonds is 7. The average molecular weight is 221 g/mol. The van der Waals surface area contributed by atoms with Gasteiger partial charge in [-0.15, -0.1) is 0 Å². The van der Waals surface area contributed by atoms with Gasteiger partial charge in [0.15, 0.2) is 0 Å². The lowest BCUT2D eigenvalue weighted by Gasteiger charge is -2.22. The molecule has 0 spiro atoms. The van der Waals surface area contributed by atoms with E-state index >= 15 is 0 Å². The van der Waals surface area contributed by atoms with E-state index in [1.165, 1.54) is 5.56 Å². The molecule has 2 atom stereocenters. The topological polar surface area (TPSA) is 35.2 Å². The van der Waals surface area contributed by atoms with E-state index in [1.807, 2.05) is 13.0 Å². The Morgan fingerprint density at radius 3 is 2.44 bits per heavy atom.